The number of nitrogens with two attached hydrogens (primary N) is 1. The number of carbonyl (C=O) groups excluding carboxylic acids is 3. The van der Waals surface area contributed by atoms with Crippen molar-refractivity contribution in [2.75, 3.05) is 11.9 Å². The molecule has 1 saturated heterocycles. The summed E-state index contributed by atoms with van der Waals surface area (Å²) in [5, 5.41) is 3.75. The summed E-state index contributed by atoms with van der Waals surface area (Å²) in [6.07, 6.45) is 1.74. The van der Waals surface area contributed by atoms with Crippen LogP contribution < -0.4 is 11.1 Å². The van der Waals surface area contributed by atoms with Crippen LogP contribution in [-0.4, -0.2) is 33.5 Å². The van der Waals surface area contributed by atoms with Crippen molar-refractivity contribution < 1.29 is 14.4 Å². The van der Waals surface area contributed by atoms with E-state index in [9.17, 15) is 14.4 Å². The van der Waals surface area contributed by atoms with Gasteiger partial charge in [0.1, 0.15) is 15.9 Å². The van der Waals surface area contributed by atoms with E-state index in [1.165, 1.54) is 16.2 Å². The lowest BCUT2D eigenvalue weighted by atomic mass is 10.1. The van der Waals surface area contributed by atoms with E-state index in [1.807, 2.05) is 42.5 Å². The molecule has 1 aliphatic rings. The lowest BCUT2D eigenvalue weighted by Crippen LogP contribution is -2.36. The van der Waals surface area contributed by atoms with Crippen LogP contribution in [-0.2, 0) is 9.59 Å². The second-order valence-corrected chi connectivity index (χ2v) is 9.12. The molecule has 4 rings (SSSR count). The SMILES string of the molecule is NC(=O)c1c(NC(=O)CN2C(=O)C(=Cc3ccccc3)SC2=S)sc2ccccc12. The zero-order valence-corrected chi connectivity index (χ0v) is 17.9. The fourth-order valence-electron chi connectivity index (χ4n) is 3.02. The zero-order valence-electron chi connectivity index (χ0n) is 15.5. The van der Waals surface area contributed by atoms with Gasteiger partial charge in [0.2, 0.25) is 5.91 Å². The van der Waals surface area contributed by atoms with Crippen LogP contribution in [0, 0.1) is 0 Å². The number of nitrogens with zero attached hydrogens (tertiary/aromatic N) is 1. The molecule has 0 radical (unpaired) electrons. The second kappa shape index (κ2) is 8.39. The van der Waals surface area contributed by atoms with Crippen molar-refractivity contribution in [1.82, 2.24) is 4.90 Å². The Morgan fingerprint density at radius 1 is 1.10 bits per heavy atom. The minimum atomic E-state index is -0.626. The van der Waals surface area contributed by atoms with Crippen LogP contribution >= 0.6 is 35.3 Å². The summed E-state index contributed by atoms with van der Waals surface area (Å²) in [6, 6.07) is 16.7. The molecule has 0 atom stereocenters. The van der Waals surface area contributed by atoms with Gasteiger partial charge in [-0.15, -0.1) is 11.3 Å². The van der Waals surface area contributed by atoms with E-state index in [2.05, 4.69) is 5.32 Å². The highest BCUT2D eigenvalue weighted by atomic mass is 32.2. The molecular formula is C21H15N3O3S3. The summed E-state index contributed by atoms with van der Waals surface area (Å²) in [7, 11) is 0. The van der Waals surface area contributed by atoms with Crippen molar-refractivity contribution in [3.05, 3.63) is 70.6 Å². The van der Waals surface area contributed by atoms with Gasteiger partial charge in [-0.2, -0.15) is 0 Å². The maximum atomic E-state index is 12.7. The predicted octanol–water partition coefficient (Wildman–Crippen LogP) is 3.84. The number of benzene rings is 2. The number of hydrogen-bond donors (Lipinski definition) is 2. The molecule has 3 N–H and O–H groups in total. The fourth-order valence-corrected chi connectivity index (χ4v) is 5.40. The van der Waals surface area contributed by atoms with Crippen LogP contribution in [0.3, 0.4) is 0 Å². The highest BCUT2D eigenvalue weighted by Gasteiger charge is 2.33. The monoisotopic (exact) mass is 453 g/mol. The van der Waals surface area contributed by atoms with Gasteiger partial charge in [0, 0.05) is 10.1 Å². The van der Waals surface area contributed by atoms with Crippen LogP contribution in [0.5, 0.6) is 0 Å². The number of primary amides is 1. The summed E-state index contributed by atoms with van der Waals surface area (Å²) in [5.74, 6) is -1.41. The molecule has 9 heteroatoms. The van der Waals surface area contributed by atoms with Crippen molar-refractivity contribution in [2.45, 2.75) is 0 Å². The highest BCUT2D eigenvalue weighted by molar-refractivity contribution is 8.26. The summed E-state index contributed by atoms with van der Waals surface area (Å²) >= 11 is 7.70. The first-order chi connectivity index (χ1) is 14.4. The molecule has 1 fully saturated rings. The minimum Gasteiger partial charge on any atom is -0.365 e. The van der Waals surface area contributed by atoms with Crippen LogP contribution in [0.1, 0.15) is 15.9 Å². The van der Waals surface area contributed by atoms with Gasteiger partial charge in [-0.1, -0.05) is 72.5 Å². The maximum absolute atomic E-state index is 12.7. The lowest BCUT2D eigenvalue weighted by molar-refractivity contribution is -0.126. The van der Waals surface area contributed by atoms with Gasteiger partial charge in [0.05, 0.1) is 10.5 Å². The van der Waals surface area contributed by atoms with Crippen molar-refractivity contribution in [1.29, 1.82) is 0 Å². The third-order valence-corrected chi connectivity index (χ3v) is 6.83. The quantitative estimate of drug-likeness (QED) is 0.452. The van der Waals surface area contributed by atoms with Gasteiger partial charge in [-0.3, -0.25) is 19.3 Å². The average molecular weight is 454 g/mol. The number of rotatable bonds is 5. The molecule has 150 valence electrons. The normalized spacial score (nSPS) is 15.2. The standard InChI is InChI=1S/C21H15N3O3S3/c22-18(26)17-13-8-4-5-9-14(13)29-19(17)23-16(25)11-24-20(27)15(30-21(24)28)10-12-6-2-1-3-7-12/h1-10H,11H2,(H2,22,26)(H,23,25). The molecule has 0 unspecified atom stereocenters. The first-order valence-corrected chi connectivity index (χ1v) is 10.9. The Morgan fingerprint density at radius 3 is 2.53 bits per heavy atom. The summed E-state index contributed by atoms with van der Waals surface area (Å²) in [4.78, 5) is 39.0. The molecule has 0 saturated carbocycles. The molecule has 3 aromatic rings. The molecule has 2 heterocycles. The molecule has 1 aliphatic heterocycles. The largest absolute Gasteiger partial charge is 0.365 e. The molecule has 30 heavy (non-hydrogen) atoms. The smallest absolute Gasteiger partial charge is 0.266 e. The molecule has 0 aliphatic carbocycles. The molecule has 1 aromatic heterocycles. The van der Waals surface area contributed by atoms with Crippen LogP contribution in [0.15, 0.2) is 59.5 Å². The molecule has 0 spiro atoms. The van der Waals surface area contributed by atoms with E-state index >= 15 is 0 Å². The fraction of sp³-hybridized carbons (Fsp3) is 0.0476. The Bertz CT molecular complexity index is 1220. The van der Waals surface area contributed by atoms with Crippen molar-refractivity contribution >= 4 is 78.5 Å². The molecule has 3 amide bonds. The number of amides is 3. The third kappa shape index (κ3) is 4.00. The summed E-state index contributed by atoms with van der Waals surface area (Å²) < 4.78 is 1.14. The van der Waals surface area contributed by atoms with E-state index in [4.69, 9.17) is 18.0 Å². The van der Waals surface area contributed by atoms with E-state index < -0.39 is 11.8 Å². The lowest BCUT2D eigenvalue weighted by Gasteiger charge is -2.14. The van der Waals surface area contributed by atoms with Gasteiger partial charge < -0.3 is 11.1 Å². The Hall–Kier alpha value is -3.01. The first-order valence-electron chi connectivity index (χ1n) is 8.85. The summed E-state index contributed by atoms with van der Waals surface area (Å²) in [5.41, 5.74) is 6.66. The average Bonchev–Trinajstić information content (AvgIpc) is 3.21. The van der Waals surface area contributed by atoms with Crippen molar-refractivity contribution in [3.8, 4) is 0 Å². The Kier molecular flexibility index (Phi) is 5.67. The number of nitrogens with one attached hydrogen (secondary N) is 1. The van der Waals surface area contributed by atoms with Gasteiger partial charge in [0.25, 0.3) is 11.8 Å². The van der Waals surface area contributed by atoms with E-state index in [-0.39, 0.29) is 18.0 Å². The van der Waals surface area contributed by atoms with E-state index in [1.54, 1.807) is 18.2 Å². The van der Waals surface area contributed by atoms with E-state index in [0.717, 1.165) is 22.0 Å². The minimum absolute atomic E-state index is 0.247. The summed E-state index contributed by atoms with van der Waals surface area (Å²) in [6.45, 7) is -0.247. The van der Waals surface area contributed by atoms with Gasteiger partial charge in [-0.25, -0.2) is 0 Å². The number of fused-ring (bicyclic) bond motifs is 1. The first kappa shape index (κ1) is 20.3. The van der Waals surface area contributed by atoms with E-state index in [0.29, 0.717) is 19.6 Å². The Balaban J connectivity index is 1.52. The zero-order chi connectivity index (χ0) is 21.3. The second-order valence-electron chi connectivity index (χ2n) is 6.39. The number of thiocarbonyl (C=S) groups is 1. The third-order valence-electron chi connectivity index (χ3n) is 4.37. The van der Waals surface area contributed by atoms with Crippen LogP contribution in [0.25, 0.3) is 16.2 Å². The van der Waals surface area contributed by atoms with Crippen LogP contribution in [0.4, 0.5) is 5.00 Å². The molecular weight excluding hydrogens is 438 g/mol. The Morgan fingerprint density at radius 2 is 1.80 bits per heavy atom. The predicted molar refractivity (Wildman–Crippen MR) is 125 cm³/mol. The highest BCUT2D eigenvalue weighted by Crippen LogP contribution is 2.36. The number of hydrogen-bond acceptors (Lipinski definition) is 6. The molecule has 2 aromatic carbocycles. The number of thioether (sulfide) groups is 1. The number of anilines is 1. The molecule has 6 nitrogen and oxygen atoms in total. The van der Waals surface area contributed by atoms with Crippen LogP contribution in [0.2, 0.25) is 0 Å². The molecule has 0 bridgehead atoms. The number of carbonyl (C=O) groups is 3. The van der Waals surface area contributed by atoms with Gasteiger partial charge in [-0.05, 0) is 17.7 Å². The van der Waals surface area contributed by atoms with Crippen molar-refractivity contribution in [2.24, 2.45) is 5.73 Å². The van der Waals surface area contributed by atoms with Gasteiger partial charge >= 0.3 is 0 Å². The topological polar surface area (TPSA) is 92.5 Å². The number of thiophene rings is 1. The van der Waals surface area contributed by atoms with Crippen molar-refractivity contribution in [3.63, 3.8) is 0 Å². The Labute approximate surface area is 185 Å². The maximum Gasteiger partial charge on any atom is 0.266 e. The van der Waals surface area contributed by atoms with Gasteiger partial charge in [0.15, 0.2) is 0 Å².